The molecular weight excluding hydrogens is 592 g/mol. The number of carbonyl (C=O) groups is 1. The number of benzene rings is 1. The lowest BCUT2D eigenvalue weighted by Gasteiger charge is -2.44. The molecule has 0 saturated carbocycles. The molecule has 1 aromatic carbocycles. The Morgan fingerprint density at radius 1 is 1.18 bits per heavy atom. The minimum Gasteiger partial charge on any atom is -0.395 e. The normalized spacial score (nSPS) is 24.4. The number of ether oxygens (including phenoxy) is 1. The first-order chi connectivity index (χ1) is 21.3. The molecule has 0 spiro atoms. The molecular formula is C32H40F4N6O3. The number of halogens is 4. The summed E-state index contributed by atoms with van der Waals surface area (Å²) in [7, 11) is 0. The summed E-state index contributed by atoms with van der Waals surface area (Å²) in [5.41, 5.74) is 0.912. The van der Waals surface area contributed by atoms with Crippen LogP contribution in [0.5, 0.6) is 0 Å². The number of anilines is 1. The van der Waals surface area contributed by atoms with E-state index in [1.165, 1.54) is 16.5 Å². The minimum absolute atomic E-state index is 0.00580. The molecule has 3 atom stereocenters. The molecule has 0 unspecified atom stereocenters. The third-order valence-electron chi connectivity index (χ3n) is 9.24. The number of aliphatic hydroxyl groups excluding tert-OH is 1. The van der Waals surface area contributed by atoms with E-state index in [0.29, 0.717) is 68.4 Å². The Morgan fingerprint density at radius 2 is 1.93 bits per heavy atom. The van der Waals surface area contributed by atoms with Gasteiger partial charge in [0.2, 0.25) is 5.91 Å². The molecule has 45 heavy (non-hydrogen) atoms. The fourth-order valence-electron chi connectivity index (χ4n) is 6.98. The van der Waals surface area contributed by atoms with E-state index in [1.807, 2.05) is 13.8 Å². The van der Waals surface area contributed by atoms with Gasteiger partial charge in [0.15, 0.2) is 5.69 Å². The number of nitrogens with zero attached hydrogens (tertiary/aromatic N) is 5. The van der Waals surface area contributed by atoms with Crippen molar-refractivity contribution in [3.8, 4) is 0 Å². The summed E-state index contributed by atoms with van der Waals surface area (Å²) in [6.45, 7) is 10.1. The molecule has 9 nitrogen and oxygen atoms in total. The molecule has 13 heteroatoms. The van der Waals surface area contributed by atoms with Crippen molar-refractivity contribution in [3.63, 3.8) is 0 Å². The maximum atomic E-state index is 14.2. The average molecular weight is 633 g/mol. The molecule has 0 radical (unpaired) electrons. The number of alkyl halides is 3. The average Bonchev–Trinajstić information content (AvgIpc) is 3.55. The van der Waals surface area contributed by atoms with Crippen LogP contribution in [0.3, 0.4) is 0 Å². The Hall–Kier alpha value is -3.10. The lowest BCUT2D eigenvalue weighted by molar-refractivity contribution is -0.140. The predicted molar refractivity (Wildman–Crippen MR) is 161 cm³/mol. The highest BCUT2D eigenvalue weighted by Gasteiger charge is 2.43. The number of morpholine rings is 1. The second-order valence-corrected chi connectivity index (χ2v) is 13.2. The topological polar surface area (TPSA) is 85.6 Å². The largest absolute Gasteiger partial charge is 0.434 e. The van der Waals surface area contributed by atoms with Gasteiger partial charge in [-0.05, 0) is 30.7 Å². The number of nitrogens with one attached hydrogen (secondary N) is 1. The molecule has 6 rings (SSSR count). The molecule has 2 N–H and O–H groups in total. The zero-order chi connectivity index (χ0) is 32.1. The second-order valence-electron chi connectivity index (χ2n) is 13.2. The number of amides is 1. The van der Waals surface area contributed by atoms with Crippen LogP contribution in [-0.2, 0) is 27.5 Å². The quantitative estimate of drug-likeness (QED) is 0.388. The molecule has 0 bridgehead atoms. The van der Waals surface area contributed by atoms with Crippen LogP contribution >= 0.6 is 0 Å². The van der Waals surface area contributed by atoms with Gasteiger partial charge in [0.1, 0.15) is 11.5 Å². The summed E-state index contributed by atoms with van der Waals surface area (Å²) in [6.07, 6.45) is -3.41. The van der Waals surface area contributed by atoms with Crippen LogP contribution in [0.4, 0.5) is 23.2 Å². The maximum absolute atomic E-state index is 14.2. The van der Waals surface area contributed by atoms with E-state index >= 15 is 0 Å². The van der Waals surface area contributed by atoms with E-state index in [4.69, 9.17) is 4.74 Å². The van der Waals surface area contributed by atoms with Gasteiger partial charge in [-0.25, -0.2) is 9.37 Å². The Morgan fingerprint density at radius 3 is 2.64 bits per heavy atom. The molecule has 3 aromatic rings. The number of aliphatic hydroxyl groups is 1. The van der Waals surface area contributed by atoms with E-state index in [0.717, 1.165) is 6.20 Å². The number of hydrogen-bond donors (Lipinski definition) is 2. The highest BCUT2D eigenvalue weighted by atomic mass is 19.4. The summed E-state index contributed by atoms with van der Waals surface area (Å²) in [5.74, 6) is -0.539. The van der Waals surface area contributed by atoms with E-state index < -0.39 is 23.1 Å². The maximum Gasteiger partial charge on any atom is 0.434 e. The monoisotopic (exact) mass is 632 g/mol. The number of piperazine rings is 1. The van der Waals surface area contributed by atoms with Crippen molar-refractivity contribution in [3.05, 3.63) is 64.9 Å². The van der Waals surface area contributed by atoms with E-state index in [2.05, 4.69) is 27.0 Å². The van der Waals surface area contributed by atoms with Gasteiger partial charge in [-0.3, -0.25) is 14.6 Å². The first-order valence-electron chi connectivity index (χ1n) is 15.4. The molecule has 244 valence electrons. The van der Waals surface area contributed by atoms with Crippen LogP contribution < -0.4 is 10.2 Å². The Kier molecular flexibility index (Phi) is 8.68. The second kappa shape index (κ2) is 12.3. The first-order valence-corrected chi connectivity index (χ1v) is 15.4. The standard InChI is InChI=1S/C32H40F4N6O3/c1-20-13-40(24(12-37-20)14-39-8-9-45-18-25(39)17-43)16-28(44)42-19-31(2,3)29-26(42)11-22(10-21-4-6-23(33)7-5-21)30-38-27(15-41(29)30)32(34,35)36/h4-7,11,15,20,24-25,37,43H,8-10,12-14,16-19H2,1-3H3/t20-,24-,25-/m1/s1. The Bertz CT molecular complexity index is 1540. The van der Waals surface area contributed by atoms with Gasteiger partial charge in [-0.15, -0.1) is 0 Å². The highest BCUT2D eigenvalue weighted by molar-refractivity contribution is 5.98. The summed E-state index contributed by atoms with van der Waals surface area (Å²) in [6, 6.07) is 7.70. The van der Waals surface area contributed by atoms with Crippen LogP contribution in [0.15, 0.2) is 36.5 Å². The molecule has 0 aliphatic carbocycles. The minimum atomic E-state index is -4.65. The summed E-state index contributed by atoms with van der Waals surface area (Å²) >= 11 is 0. The van der Waals surface area contributed by atoms with Crippen LogP contribution in [0.25, 0.3) is 5.65 Å². The number of fused-ring (bicyclic) bond motifs is 3. The van der Waals surface area contributed by atoms with Crippen LogP contribution in [-0.4, -0.2) is 107 Å². The molecule has 3 aliphatic rings. The third-order valence-corrected chi connectivity index (χ3v) is 9.24. The van der Waals surface area contributed by atoms with Gasteiger partial charge in [0, 0.05) is 68.4 Å². The molecule has 5 heterocycles. The number of rotatable bonds is 7. The number of pyridine rings is 1. The van der Waals surface area contributed by atoms with Gasteiger partial charge >= 0.3 is 6.18 Å². The fourth-order valence-corrected chi connectivity index (χ4v) is 6.98. The molecule has 2 saturated heterocycles. The summed E-state index contributed by atoms with van der Waals surface area (Å²) < 4.78 is 62.4. The summed E-state index contributed by atoms with van der Waals surface area (Å²) in [5, 5.41) is 13.4. The van der Waals surface area contributed by atoms with E-state index in [-0.39, 0.29) is 49.3 Å². The smallest absolute Gasteiger partial charge is 0.395 e. The van der Waals surface area contributed by atoms with Crippen LogP contribution in [0.1, 0.15) is 43.3 Å². The number of hydrogen-bond acceptors (Lipinski definition) is 7. The van der Waals surface area contributed by atoms with E-state index in [1.54, 1.807) is 23.1 Å². The predicted octanol–water partition coefficient (Wildman–Crippen LogP) is 3.06. The van der Waals surface area contributed by atoms with Gasteiger partial charge in [0.25, 0.3) is 0 Å². The van der Waals surface area contributed by atoms with Crippen molar-refractivity contribution in [2.45, 2.75) is 56.9 Å². The molecule has 2 aromatic heterocycles. The lowest BCUT2D eigenvalue weighted by Crippen LogP contribution is -2.62. The molecule has 2 fully saturated rings. The fraction of sp³-hybridized carbons (Fsp3) is 0.562. The third kappa shape index (κ3) is 6.46. The number of carbonyl (C=O) groups excluding carboxylic acids is 1. The highest BCUT2D eigenvalue weighted by Crippen LogP contribution is 2.43. The van der Waals surface area contributed by atoms with Crippen LogP contribution in [0.2, 0.25) is 0 Å². The van der Waals surface area contributed by atoms with Gasteiger partial charge < -0.3 is 24.5 Å². The van der Waals surface area contributed by atoms with Crippen molar-refractivity contribution in [1.82, 2.24) is 24.5 Å². The van der Waals surface area contributed by atoms with Gasteiger partial charge in [0.05, 0.1) is 43.8 Å². The van der Waals surface area contributed by atoms with Crippen molar-refractivity contribution >= 4 is 17.2 Å². The van der Waals surface area contributed by atoms with Crippen molar-refractivity contribution in [2.24, 2.45) is 0 Å². The van der Waals surface area contributed by atoms with Crippen molar-refractivity contribution in [1.29, 1.82) is 0 Å². The van der Waals surface area contributed by atoms with Crippen molar-refractivity contribution < 1.29 is 32.2 Å². The zero-order valence-electron chi connectivity index (χ0n) is 25.8. The van der Waals surface area contributed by atoms with Gasteiger partial charge in [-0.2, -0.15) is 13.2 Å². The van der Waals surface area contributed by atoms with Gasteiger partial charge in [-0.1, -0.05) is 26.0 Å². The van der Waals surface area contributed by atoms with E-state index in [9.17, 15) is 27.5 Å². The number of imidazole rings is 1. The first kappa shape index (κ1) is 31.9. The lowest BCUT2D eigenvalue weighted by atomic mass is 9.90. The zero-order valence-corrected chi connectivity index (χ0v) is 25.8. The number of aromatic nitrogens is 2. The molecule has 1 amide bonds. The Balaban J connectivity index is 1.34. The van der Waals surface area contributed by atoms with Crippen molar-refractivity contribution in [2.75, 3.05) is 64.0 Å². The Labute approximate surface area is 259 Å². The summed E-state index contributed by atoms with van der Waals surface area (Å²) in [4.78, 5) is 24.3. The van der Waals surface area contributed by atoms with Crippen LogP contribution in [0, 0.1) is 5.82 Å². The SMILES string of the molecule is C[C@@H]1CN(CC(=O)N2CC(C)(C)c3c2cc(Cc2ccc(F)cc2)c2nc(C(F)(F)F)cn32)[C@@H](CN2CCOC[C@H]2CO)CN1. The molecule has 3 aliphatic heterocycles.